The van der Waals surface area contributed by atoms with Gasteiger partial charge in [-0.2, -0.15) is 0 Å². The second-order valence-electron chi connectivity index (χ2n) is 4.66. The van der Waals surface area contributed by atoms with Crippen molar-refractivity contribution in [2.24, 2.45) is 5.41 Å². The maximum Gasteiger partial charge on any atom is 0.341 e. The van der Waals surface area contributed by atoms with E-state index in [-0.39, 0.29) is 13.2 Å². The summed E-state index contributed by atoms with van der Waals surface area (Å²) in [6.07, 6.45) is 1.53. The molecule has 6 heteroatoms. The van der Waals surface area contributed by atoms with Crippen LogP contribution in [0.15, 0.2) is 18.3 Å². The van der Waals surface area contributed by atoms with Crippen molar-refractivity contribution in [3.63, 3.8) is 0 Å². The summed E-state index contributed by atoms with van der Waals surface area (Å²) in [6.45, 7) is 5.33. The molecule has 19 heavy (non-hydrogen) atoms. The number of carbonyl (C=O) groups is 2. The van der Waals surface area contributed by atoms with Crippen molar-refractivity contribution in [1.29, 1.82) is 0 Å². The fraction of sp³-hybridized carbons (Fsp3) is 0.462. The number of carboxylic acids is 1. The Labute approximate surface area is 111 Å². The molecule has 6 nitrogen and oxygen atoms in total. The Hall–Kier alpha value is -2.11. The maximum atomic E-state index is 11.7. The molecule has 1 rings (SSSR count). The quantitative estimate of drug-likeness (QED) is 0.763. The first kappa shape index (κ1) is 14.9. The molecule has 0 aliphatic rings. The number of pyridine rings is 1. The summed E-state index contributed by atoms with van der Waals surface area (Å²) in [5, 5.41) is 11.9. The molecule has 0 radical (unpaired) electrons. The van der Waals surface area contributed by atoms with Crippen molar-refractivity contribution in [3.05, 3.63) is 23.9 Å². The first-order valence-electron chi connectivity index (χ1n) is 5.98. The van der Waals surface area contributed by atoms with E-state index < -0.39 is 17.4 Å². The molecule has 1 aromatic heterocycles. The topological polar surface area (TPSA) is 88.5 Å². The lowest BCUT2D eigenvalue weighted by Gasteiger charge is -2.20. The largest absolute Gasteiger partial charge is 0.481 e. The van der Waals surface area contributed by atoms with E-state index in [0.29, 0.717) is 11.4 Å². The van der Waals surface area contributed by atoms with Crippen LogP contribution in [-0.2, 0) is 9.53 Å². The second-order valence-corrected chi connectivity index (χ2v) is 4.66. The fourth-order valence-corrected chi connectivity index (χ4v) is 1.30. The monoisotopic (exact) mass is 266 g/mol. The van der Waals surface area contributed by atoms with E-state index in [4.69, 9.17) is 9.84 Å². The SMILES string of the molecule is CCOC(=O)c1cccnc1NCC(C)(C)C(=O)O. The highest BCUT2D eigenvalue weighted by molar-refractivity contribution is 5.94. The Morgan fingerprint density at radius 2 is 2.16 bits per heavy atom. The van der Waals surface area contributed by atoms with Crippen LogP contribution in [0.1, 0.15) is 31.1 Å². The minimum atomic E-state index is -0.955. The average molecular weight is 266 g/mol. The zero-order valence-electron chi connectivity index (χ0n) is 11.3. The van der Waals surface area contributed by atoms with Crippen molar-refractivity contribution >= 4 is 17.8 Å². The number of anilines is 1. The molecule has 0 fully saturated rings. The van der Waals surface area contributed by atoms with Crippen LogP contribution in [0.5, 0.6) is 0 Å². The normalized spacial score (nSPS) is 10.9. The molecular formula is C13H18N2O4. The van der Waals surface area contributed by atoms with E-state index in [0.717, 1.165) is 0 Å². The zero-order valence-corrected chi connectivity index (χ0v) is 11.3. The van der Waals surface area contributed by atoms with E-state index in [1.165, 1.54) is 6.20 Å². The predicted octanol–water partition coefficient (Wildman–Crippen LogP) is 1.78. The number of carboxylic acid groups (broad SMARTS) is 1. The number of rotatable bonds is 6. The number of ether oxygens (including phenoxy) is 1. The summed E-state index contributed by atoms with van der Waals surface area (Å²) >= 11 is 0. The highest BCUT2D eigenvalue weighted by Crippen LogP contribution is 2.18. The average Bonchev–Trinajstić information content (AvgIpc) is 2.37. The lowest BCUT2D eigenvalue weighted by molar-refractivity contribution is -0.146. The standard InChI is InChI=1S/C13H18N2O4/c1-4-19-11(16)9-6-5-7-14-10(9)15-8-13(2,3)12(17)18/h5-7H,4,8H2,1-3H3,(H,14,15)(H,17,18). The maximum absolute atomic E-state index is 11.7. The van der Waals surface area contributed by atoms with E-state index in [2.05, 4.69) is 10.3 Å². The van der Waals surface area contributed by atoms with Gasteiger partial charge in [0, 0.05) is 12.7 Å². The van der Waals surface area contributed by atoms with Crippen LogP contribution in [0.3, 0.4) is 0 Å². The highest BCUT2D eigenvalue weighted by atomic mass is 16.5. The number of hydrogen-bond acceptors (Lipinski definition) is 5. The van der Waals surface area contributed by atoms with E-state index in [1.807, 2.05) is 0 Å². The number of esters is 1. The summed E-state index contributed by atoms with van der Waals surface area (Å²) in [5.74, 6) is -1.07. The van der Waals surface area contributed by atoms with Crippen LogP contribution < -0.4 is 5.32 Å². The van der Waals surface area contributed by atoms with Crippen LogP contribution in [0.25, 0.3) is 0 Å². The highest BCUT2D eigenvalue weighted by Gasteiger charge is 2.27. The molecule has 0 amide bonds. The molecule has 1 heterocycles. The van der Waals surface area contributed by atoms with Crippen LogP contribution in [-0.4, -0.2) is 35.2 Å². The predicted molar refractivity (Wildman–Crippen MR) is 70.1 cm³/mol. The molecule has 0 atom stereocenters. The van der Waals surface area contributed by atoms with E-state index in [1.54, 1.807) is 32.9 Å². The molecule has 0 aliphatic carbocycles. The Bertz CT molecular complexity index is 471. The third-order valence-corrected chi connectivity index (χ3v) is 2.58. The van der Waals surface area contributed by atoms with Gasteiger partial charge >= 0.3 is 11.9 Å². The molecule has 0 bridgehead atoms. The molecule has 0 saturated heterocycles. The lowest BCUT2D eigenvalue weighted by atomic mass is 9.94. The van der Waals surface area contributed by atoms with Crippen LogP contribution in [0.2, 0.25) is 0 Å². The van der Waals surface area contributed by atoms with Gasteiger partial charge in [-0.25, -0.2) is 9.78 Å². The summed E-state index contributed by atoms with van der Waals surface area (Å²) in [7, 11) is 0. The van der Waals surface area contributed by atoms with Gasteiger partial charge in [0.15, 0.2) is 0 Å². The second kappa shape index (κ2) is 6.17. The minimum Gasteiger partial charge on any atom is -0.481 e. The smallest absolute Gasteiger partial charge is 0.341 e. The first-order chi connectivity index (χ1) is 8.88. The van der Waals surface area contributed by atoms with Gasteiger partial charge in [0.2, 0.25) is 0 Å². The van der Waals surface area contributed by atoms with Gasteiger partial charge in [0.1, 0.15) is 11.4 Å². The number of aliphatic carboxylic acids is 1. The Balaban J connectivity index is 2.84. The van der Waals surface area contributed by atoms with Crippen molar-refractivity contribution in [2.75, 3.05) is 18.5 Å². The van der Waals surface area contributed by atoms with Crippen molar-refractivity contribution in [2.45, 2.75) is 20.8 Å². The number of nitrogens with one attached hydrogen (secondary N) is 1. The van der Waals surface area contributed by atoms with Gasteiger partial charge in [0.05, 0.1) is 12.0 Å². The summed E-state index contributed by atoms with van der Waals surface area (Å²) < 4.78 is 4.91. The van der Waals surface area contributed by atoms with E-state index in [9.17, 15) is 9.59 Å². The molecule has 104 valence electrons. The third-order valence-electron chi connectivity index (χ3n) is 2.58. The van der Waals surface area contributed by atoms with Crippen molar-refractivity contribution in [3.8, 4) is 0 Å². The third kappa shape index (κ3) is 3.94. The summed E-state index contributed by atoms with van der Waals surface area (Å²) in [6, 6.07) is 3.21. The molecule has 0 aliphatic heterocycles. The molecule has 0 aromatic carbocycles. The molecular weight excluding hydrogens is 248 g/mol. The van der Waals surface area contributed by atoms with Crippen molar-refractivity contribution in [1.82, 2.24) is 4.98 Å². The van der Waals surface area contributed by atoms with Crippen LogP contribution in [0.4, 0.5) is 5.82 Å². The van der Waals surface area contributed by atoms with Gasteiger partial charge in [-0.05, 0) is 32.9 Å². The summed E-state index contributed by atoms with van der Waals surface area (Å²) in [5.41, 5.74) is -0.658. The number of nitrogens with zero attached hydrogens (tertiary/aromatic N) is 1. The fourth-order valence-electron chi connectivity index (χ4n) is 1.30. The molecule has 0 saturated carbocycles. The first-order valence-corrected chi connectivity index (χ1v) is 5.98. The van der Waals surface area contributed by atoms with Gasteiger partial charge < -0.3 is 15.2 Å². The van der Waals surface area contributed by atoms with E-state index >= 15 is 0 Å². The van der Waals surface area contributed by atoms with Crippen LogP contribution >= 0.6 is 0 Å². The van der Waals surface area contributed by atoms with Gasteiger partial charge in [0.25, 0.3) is 0 Å². The number of hydrogen-bond donors (Lipinski definition) is 2. The van der Waals surface area contributed by atoms with Crippen LogP contribution in [0, 0.1) is 5.41 Å². The Kier molecular flexibility index (Phi) is 4.86. The molecule has 0 spiro atoms. The molecule has 2 N–H and O–H groups in total. The molecule has 0 unspecified atom stereocenters. The summed E-state index contributed by atoms with van der Waals surface area (Å²) in [4.78, 5) is 26.8. The minimum absolute atomic E-state index is 0.158. The zero-order chi connectivity index (χ0) is 14.5. The number of aromatic nitrogens is 1. The van der Waals surface area contributed by atoms with Gasteiger partial charge in [-0.3, -0.25) is 4.79 Å². The van der Waals surface area contributed by atoms with Crippen molar-refractivity contribution < 1.29 is 19.4 Å². The number of carbonyl (C=O) groups excluding carboxylic acids is 1. The Morgan fingerprint density at radius 3 is 2.74 bits per heavy atom. The lowest BCUT2D eigenvalue weighted by Crippen LogP contribution is -2.32. The van der Waals surface area contributed by atoms with Gasteiger partial charge in [-0.15, -0.1) is 0 Å². The Morgan fingerprint density at radius 1 is 1.47 bits per heavy atom. The van der Waals surface area contributed by atoms with Gasteiger partial charge in [-0.1, -0.05) is 0 Å². The molecule has 1 aromatic rings.